The van der Waals surface area contributed by atoms with Crippen molar-refractivity contribution >= 4 is 11.9 Å². The van der Waals surface area contributed by atoms with Crippen LogP contribution < -0.4 is 5.32 Å². The number of carboxylic acids is 1. The highest BCUT2D eigenvalue weighted by molar-refractivity contribution is 5.93. The van der Waals surface area contributed by atoms with Crippen molar-refractivity contribution in [2.24, 2.45) is 5.41 Å². The summed E-state index contributed by atoms with van der Waals surface area (Å²) < 4.78 is 0. The Kier molecular flexibility index (Phi) is 4.71. The van der Waals surface area contributed by atoms with Crippen molar-refractivity contribution in [1.82, 2.24) is 5.32 Å². The minimum absolute atomic E-state index is 0.104. The van der Waals surface area contributed by atoms with Crippen LogP contribution in [0.1, 0.15) is 27.2 Å². The second kappa shape index (κ2) is 5.28. The molecule has 14 heavy (non-hydrogen) atoms. The Morgan fingerprint density at radius 2 is 2.07 bits per heavy atom. The first kappa shape index (κ1) is 12.5. The normalized spacial score (nSPS) is 13.4. The van der Waals surface area contributed by atoms with Crippen molar-refractivity contribution in [2.45, 2.75) is 27.2 Å². The quantitative estimate of drug-likeness (QED) is 0.649. The zero-order valence-electron chi connectivity index (χ0n) is 8.68. The Hall–Kier alpha value is -1.50. The van der Waals surface area contributed by atoms with Gasteiger partial charge < -0.3 is 10.4 Å². The first-order chi connectivity index (χ1) is 6.46. The van der Waals surface area contributed by atoms with Gasteiger partial charge in [-0.05, 0) is 26.2 Å². The van der Waals surface area contributed by atoms with Gasteiger partial charge in [-0.3, -0.25) is 9.59 Å². The molecule has 0 heterocycles. The lowest BCUT2D eigenvalue weighted by atomic mass is 9.88. The third kappa shape index (κ3) is 3.48. The molecule has 1 amide bonds. The number of nitrogens with one attached hydrogen (secondary N) is 1. The van der Waals surface area contributed by atoms with E-state index in [-0.39, 0.29) is 6.54 Å². The van der Waals surface area contributed by atoms with Crippen LogP contribution in [0.2, 0.25) is 0 Å². The average molecular weight is 197 g/mol. The van der Waals surface area contributed by atoms with Gasteiger partial charge in [0.05, 0.1) is 5.41 Å². The molecule has 78 valence electrons. The molecule has 0 saturated heterocycles. The minimum atomic E-state index is -0.912. The van der Waals surface area contributed by atoms with Gasteiger partial charge in [0.2, 0.25) is 0 Å². The van der Waals surface area contributed by atoms with Crippen LogP contribution in [0, 0.1) is 17.3 Å². The van der Waals surface area contributed by atoms with Gasteiger partial charge >= 0.3 is 5.97 Å². The van der Waals surface area contributed by atoms with Gasteiger partial charge in [0.15, 0.2) is 0 Å². The first-order valence-electron chi connectivity index (χ1n) is 4.40. The average Bonchev–Trinajstić information content (AvgIpc) is 2.14. The number of hydrogen-bond acceptors (Lipinski definition) is 2. The Balaban J connectivity index is 4.26. The van der Waals surface area contributed by atoms with E-state index in [1.807, 2.05) is 0 Å². The van der Waals surface area contributed by atoms with Gasteiger partial charge in [-0.25, -0.2) is 0 Å². The maximum absolute atomic E-state index is 11.0. The molecule has 0 saturated carbocycles. The zero-order valence-corrected chi connectivity index (χ0v) is 8.68. The minimum Gasteiger partial charge on any atom is -0.481 e. The number of rotatable bonds is 4. The summed E-state index contributed by atoms with van der Waals surface area (Å²) in [7, 11) is 0. The molecule has 0 aliphatic heterocycles. The molecule has 0 fully saturated rings. The number of amides is 1. The molecular formula is C10H15NO3. The molecule has 0 spiro atoms. The van der Waals surface area contributed by atoms with Crippen LogP contribution in [0.4, 0.5) is 0 Å². The van der Waals surface area contributed by atoms with Crippen molar-refractivity contribution in [3.8, 4) is 11.8 Å². The SMILES string of the molecule is CC#CC(=O)NCC(C)(CC)C(=O)O. The molecular weight excluding hydrogens is 182 g/mol. The van der Waals surface area contributed by atoms with Gasteiger partial charge in [0.25, 0.3) is 5.91 Å². The van der Waals surface area contributed by atoms with Gasteiger partial charge in [-0.15, -0.1) is 0 Å². The summed E-state index contributed by atoms with van der Waals surface area (Å²) in [6.45, 7) is 5.02. The Bertz CT molecular complexity index is 287. The maximum atomic E-state index is 11.0. The molecule has 0 aromatic rings. The summed E-state index contributed by atoms with van der Waals surface area (Å²) in [6.07, 6.45) is 0.460. The molecule has 2 N–H and O–H groups in total. The highest BCUT2D eigenvalue weighted by Gasteiger charge is 2.31. The number of hydrogen-bond donors (Lipinski definition) is 2. The lowest BCUT2D eigenvalue weighted by molar-refractivity contribution is -0.147. The van der Waals surface area contributed by atoms with Crippen LogP contribution in [-0.4, -0.2) is 23.5 Å². The Morgan fingerprint density at radius 1 is 1.50 bits per heavy atom. The van der Waals surface area contributed by atoms with E-state index in [0.717, 1.165) is 0 Å². The van der Waals surface area contributed by atoms with Crippen LogP contribution in [0.5, 0.6) is 0 Å². The fourth-order valence-electron chi connectivity index (χ4n) is 0.785. The van der Waals surface area contributed by atoms with Crippen LogP contribution in [0.15, 0.2) is 0 Å². The molecule has 0 aromatic heterocycles. The highest BCUT2D eigenvalue weighted by atomic mass is 16.4. The lowest BCUT2D eigenvalue weighted by Crippen LogP contribution is -2.40. The van der Waals surface area contributed by atoms with E-state index in [9.17, 15) is 9.59 Å². The van der Waals surface area contributed by atoms with E-state index in [4.69, 9.17) is 5.11 Å². The van der Waals surface area contributed by atoms with Gasteiger partial charge in [0, 0.05) is 6.54 Å². The van der Waals surface area contributed by atoms with Crippen molar-refractivity contribution < 1.29 is 14.7 Å². The fraction of sp³-hybridized carbons (Fsp3) is 0.600. The van der Waals surface area contributed by atoms with Crippen LogP contribution in [0.25, 0.3) is 0 Å². The fourth-order valence-corrected chi connectivity index (χ4v) is 0.785. The van der Waals surface area contributed by atoms with Crippen molar-refractivity contribution in [3.63, 3.8) is 0 Å². The number of carboxylic acid groups (broad SMARTS) is 1. The lowest BCUT2D eigenvalue weighted by Gasteiger charge is -2.22. The monoisotopic (exact) mass is 197 g/mol. The van der Waals surface area contributed by atoms with E-state index < -0.39 is 17.3 Å². The molecule has 0 rings (SSSR count). The van der Waals surface area contributed by atoms with E-state index in [1.54, 1.807) is 20.8 Å². The predicted octanol–water partition coefficient (Wildman–Crippen LogP) is 0.627. The van der Waals surface area contributed by atoms with Gasteiger partial charge in [0.1, 0.15) is 0 Å². The number of carbonyl (C=O) groups is 2. The second-order valence-corrected chi connectivity index (χ2v) is 3.28. The molecule has 0 aliphatic carbocycles. The third-order valence-electron chi connectivity index (χ3n) is 2.17. The maximum Gasteiger partial charge on any atom is 0.311 e. The summed E-state index contributed by atoms with van der Waals surface area (Å²) >= 11 is 0. The summed E-state index contributed by atoms with van der Waals surface area (Å²) in [5.41, 5.74) is -0.912. The molecule has 1 unspecified atom stereocenters. The summed E-state index contributed by atoms with van der Waals surface area (Å²) in [4.78, 5) is 21.8. The van der Waals surface area contributed by atoms with Crippen molar-refractivity contribution in [2.75, 3.05) is 6.54 Å². The summed E-state index contributed by atoms with van der Waals surface area (Å²) in [5, 5.41) is 11.4. The van der Waals surface area contributed by atoms with E-state index in [1.165, 1.54) is 0 Å². The molecule has 0 bridgehead atoms. The molecule has 1 atom stereocenters. The summed E-state index contributed by atoms with van der Waals surface area (Å²) in [6, 6.07) is 0. The molecule has 4 nitrogen and oxygen atoms in total. The number of carbonyl (C=O) groups excluding carboxylic acids is 1. The first-order valence-corrected chi connectivity index (χ1v) is 4.40. The van der Waals surface area contributed by atoms with Crippen LogP contribution in [-0.2, 0) is 9.59 Å². The van der Waals surface area contributed by atoms with E-state index in [0.29, 0.717) is 6.42 Å². The molecule has 0 radical (unpaired) electrons. The Labute approximate surface area is 83.7 Å². The highest BCUT2D eigenvalue weighted by Crippen LogP contribution is 2.19. The summed E-state index contributed by atoms with van der Waals surface area (Å²) in [5.74, 6) is 3.38. The molecule has 0 aliphatic rings. The number of aliphatic carboxylic acids is 1. The predicted molar refractivity (Wildman–Crippen MR) is 52.5 cm³/mol. The zero-order chi connectivity index (χ0) is 11.2. The molecule has 4 heteroatoms. The van der Waals surface area contributed by atoms with E-state index in [2.05, 4.69) is 17.2 Å². The van der Waals surface area contributed by atoms with Gasteiger partial charge in [-0.2, -0.15) is 0 Å². The van der Waals surface area contributed by atoms with Crippen LogP contribution >= 0.6 is 0 Å². The Morgan fingerprint density at radius 3 is 2.43 bits per heavy atom. The second-order valence-electron chi connectivity index (χ2n) is 3.28. The third-order valence-corrected chi connectivity index (χ3v) is 2.17. The topological polar surface area (TPSA) is 66.4 Å². The van der Waals surface area contributed by atoms with E-state index >= 15 is 0 Å². The smallest absolute Gasteiger partial charge is 0.311 e. The van der Waals surface area contributed by atoms with Crippen molar-refractivity contribution in [1.29, 1.82) is 0 Å². The van der Waals surface area contributed by atoms with Crippen LogP contribution in [0.3, 0.4) is 0 Å². The van der Waals surface area contributed by atoms with Gasteiger partial charge in [-0.1, -0.05) is 12.8 Å². The molecule has 0 aromatic carbocycles. The largest absolute Gasteiger partial charge is 0.481 e. The standard InChI is InChI=1S/C10H15NO3/c1-4-6-8(12)11-7-10(3,5-2)9(13)14/h5,7H2,1-3H3,(H,11,12)(H,13,14). The van der Waals surface area contributed by atoms with Crippen molar-refractivity contribution in [3.05, 3.63) is 0 Å².